The van der Waals surface area contributed by atoms with E-state index in [9.17, 15) is 13.2 Å². The minimum atomic E-state index is -4.31. The van der Waals surface area contributed by atoms with E-state index in [0.717, 1.165) is 23.8 Å². The lowest BCUT2D eigenvalue weighted by atomic mass is 9.68. The van der Waals surface area contributed by atoms with Gasteiger partial charge in [-0.25, -0.2) is 0 Å². The van der Waals surface area contributed by atoms with Gasteiger partial charge in [-0.3, -0.25) is 0 Å². The first-order chi connectivity index (χ1) is 12.3. The highest BCUT2D eigenvalue weighted by atomic mass is 35.5. The molecule has 0 atom stereocenters. The van der Waals surface area contributed by atoms with Crippen molar-refractivity contribution in [2.24, 2.45) is 17.8 Å². The van der Waals surface area contributed by atoms with Gasteiger partial charge in [0.15, 0.2) is 0 Å². The number of rotatable bonds is 3. The van der Waals surface area contributed by atoms with Gasteiger partial charge in [0.2, 0.25) is 0 Å². The van der Waals surface area contributed by atoms with Gasteiger partial charge in [0.1, 0.15) is 0 Å². The van der Waals surface area contributed by atoms with Crippen LogP contribution in [0.5, 0.6) is 0 Å². The Labute approximate surface area is 159 Å². The van der Waals surface area contributed by atoms with Gasteiger partial charge < -0.3 is 0 Å². The van der Waals surface area contributed by atoms with Crippen molar-refractivity contribution < 1.29 is 13.2 Å². The molecule has 2 aliphatic rings. The summed E-state index contributed by atoms with van der Waals surface area (Å²) in [6.07, 6.45) is 7.42. The van der Waals surface area contributed by atoms with E-state index in [-0.39, 0.29) is 6.08 Å². The third-order valence-electron chi connectivity index (χ3n) is 6.45. The van der Waals surface area contributed by atoms with Gasteiger partial charge >= 0.3 is 6.18 Å². The molecule has 0 saturated heterocycles. The largest absolute Gasteiger partial charge is 0.409 e. The van der Waals surface area contributed by atoms with Gasteiger partial charge in [-0.1, -0.05) is 43.5 Å². The van der Waals surface area contributed by atoms with Crippen LogP contribution in [0, 0.1) is 17.8 Å². The highest BCUT2D eigenvalue weighted by molar-refractivity contribution is 6.32. The summed E-state index contributed by atoms with van der Waals surface area (Å²) < 4.78 is 37.0. The van der Waals surface area contributed by atoms with Gasteiger partial charge in [-0.05, 0) is 85.5 Å². The summed E-state index contributed by atoms with van der Waals surface area (Å²) in [5.74, 6) is 3.16. The van der Waals surface area contributed by atoms with Crippen LogP contribution in [0.3, 0.4) is 0 Å². The standard InChI is InChI=1S/C22H28ClF3/c1-15-2-4-16(5-3-15)17-6-8-18(9-7-17)20-11-10-19(21(23)14-20)12-13-22(24,25)26/h10-18H,2-9H2,1H3/b13-12+. The van der Waals surface area contributed by atoms with E-state index >= 15 is 0 Å². The molecule has 2 aliphatic carbocycles. The van der Waals surface area contributed by atoms with E-state index in [1.807, 2.05) is 12.1 Å². The maximum absolute atomic E-state index is 12.3. The molecule has 26 heavy (non-hydrogen) atoms. The zero-order valence-electron chi connectivity index (χ0n) is 15.4. The Morgan fingerprint density at radius 2 is 1.50 bits per heavy atom. The van der Waals surface area contributed by atoms with Crippen LogP contribution in [0.2, 0.25) is 5.02 Å². The molecule has 0 N–H and O–H groups in total. The van der Waals surface area contributed by atoms with Crippen molar-refractivity contribution >= 4 is 17.7 Å². The summed E-state index contributed by atoms with van der Waals surface area (Å²) >= 11 is 6.22. The fourth-order valence-electron chi connectivity index (χ4n) is 4.80. The summed E-state index contributed by atoms with van der Waals surface area (Å²) in [6, 6.07) is 5.54. The third kappa shape index (κ3) is 5.28. The quantitative estimate of drug-likeness (QED) is 0.495. The highest BCUT2D eigenvalue weighted by Crippen LogP contribution is 2.44. The predicted octanol–water partition coefficient (Wildman–Crippen LogP) is 8.02. The third-order valence-corrected chi connectivity index (χ3v) is 6.77. The second-order valence-corrected chi connectivity index (χ2v) is 8.69. The Balaban J connectivity index is 1.57. The molecule has 2 saturated carbocycles. The van der Waals surface area contributed by atoms with Crippen LogP contribution < -0.4 is 0 Å². The Bertz CT molecular complexity index is 619. The normalized spacial score (nSPS) is 30.7. The van der Waals surface area contributed by atoms with E-state index in [4.69, 9.17) is 11.6 Å². The number of benzene rings is 1. The highest BCUT2D eigenvalue weighted by Gasteiger charge is 2.30. The van der Waals surface area contributed by atoms with Gasteiger partial charge in [0, 0.05) is 11.1 Å². The molecule has 2 fully saturated rings. The van der Waals surface area contributed by atoms with Crippen LogP contribution in [0.15, 0.2) is 24.3 Å². The minimum absolute atomic E-state index is 0.240. The van der Waals surface area contributed by atoms with E-state index in [2.05, 4.69) is 6.92 Å². The van der Waals surface area contributed by atoms with E-state index in [0.29, 0.717) is 16.5 Å². The molecule has 0 spiro atoms. The van der Waals surface area contributed by atoms with E-state index in [1.54, 1.807) is 6.07 Å². The van der Waals surface area contributed by atoms with Crippen molar-refractivity contribution in [1.29, 1.82) is 0 Å². The molecule has 144 valence electrons. The Morgan fingerprint density at radius 3 is 2.04 bits per heavy atom. The fraction of sp³-hybridized carbons (Fsp3) is 0.636. The molecule has 0 bridgehead atoms. The van der Waals surface area contributed by atoms with Crippen LogP contribution in [0.25, 0.3) is 6.08 Å². The van der Waals surface area contributed by atoms with Gasteiger partial charge in [0.25, 0.3) is 0 Å². The molecule has 0 aromatic heterocycles. The summed E-state index contributed by atoms with van der Waals surface area (Å²) in [7, 11) is 0. The first-order valence-electron chi connectivity index (χ1n) is 9.87. The average Bonchev–Trinajstić information content (AvgIpc) is 2.61. The fourth-order valence-corrected chi connectivity index (χ4v) is 5.05. The summed E-state index contributed by atoms with van der Waals surface area (Å²) in [4.78, 5) is 0. The van der Waals surface area contributed by atoms with E-state index in [1.165, 1.54) is 56.9 Å². The maximum atomic E-state index is 12.3. The second kappa shape index (κ2) is 8.37. The summed E-state index contributed by atoms with van der Waals surface area (Å²) in [5.41, 5.74) is 1.60. The molecular formula is C22H28ClF3. The number of halogens is 4. The van der Waals surface area contributed by atoms with Gasteiger partial charge in [-0.2, -0.15) is 13.2 Å². The molecule has 0 aliphatic heterocycles. The molecule has 0 heterocycles. The zero-order valence-corrected chi connectivity index (χ0v) is 16.1. The molecule has 0 unspecified atom stereocenters. The lowest BCUT2D eigenvalue weighted by Gasteiger charge is -2.37. The van der Waals surface area contributed by atoms with Crippen molar-refractivity contribution in [2.45, 2.75) is 70.4 Å². The number of allylic oxidation sites excluding steroid dienone is 1. The zero-order chi connectivity index (χ0) is 18.7. The van der Waals surface area contributed by atoms with Crippen LogP contribution in [0.1, 0.15) is 75.3 Å². The van der Waals surface area contributed by atoms with E-state index < -0.39 is 6.18 Å². The molecule has 0 radical (unpaired) electrons. The molecule has 0 nitrogen and oxygen atoms in total. The number of alkyl halides is 3. The topological polar surface area (TPSA) is 0 Å². The second-order valence-electron chi connectivity index (χ2n) is 8.29. The first-order valence-corrected chi connectivity index (χ1v) is 10.2. The van der Waals surface area contributed by atoms with Crippen molar-refractivity contribution in [1.82, 2.24) is 0 Å². The Hall–Kier alpha value is -0.960. The molecule has 3 rings (SSSR count). The molecule has 1 aromatic rings. The lowest BCUT2D eigenvalue weighted by Crippen LogP contribution is -2.24. The predicted molar refractivity (Wildman–Crippen MR) is 102 cm³/mol. The lowest BCUT2D eigenvalue weighted by molar-refractivity contribution is -0.0790. The Kier molecular flexibility index (Phi) is 6.37. The van der Waals surface area contributed by atoms with Gasteiger partial charge in [-0.15, -0.1) is 0 Å². The van der Waals surface area contributed by atoms with Crippen LogP contribution in [-0.4, -0.2) is 6.18 Å². The molecule has 1 aromatic carbocycles. The van der Waals surface area contributed by atoms with Crippen LogP contribution in [-0.2, 0) is 0 Å². The van der Waals surface area contributed by atoms with Gasteiger partial charge in [0.05, 0.1) is 0 Å². The molecule has 0 amide bonds. The first kappa shape index (κ1) is 19.8. The van der Waals surface area contributed by atoms with Crippen molar-refractivity contribution in [3.8, 4) is 0 Å². The average molecular weight is 385 g/mol. The minimum Gasteiger partial charge on any atom is -0.167 e. The van der Waals surface area contributed by atoms with Crippen molar-refractivity contribution in [3.63, 3.8) is 0 Å². The van der Waals surface area contributed by atoms with Crippen molar-refractivity contribution in [3.05, 3.63) is 40.4 Å². The summed E-state index contributed by atoms with van der Waals surface area (Å²) in [5, 5.41) is 0.409. The monoisotopic (exact) mass is 384 g/mol. The van der Waals surface area contributed by atoms with Crippen LogP contribution >= 0.6 is 11.6 Å². The number of hydrogen-bond donors (Lipinski definition) is 0. The van der Waals surface area contributed by atoms with Crippen LogP contribution in [0.4, 0.5) is 13.2 Å². The van der Waals surface area contributed by atoms with Crippen molar-refractivity contribution in [2.75, 3.05) is 0 Å². The molecule has 4 heteroatoms. The Morgan fingerprint density at radius 1 is 0.923 bits per heavy atom. The SMILES string of the molecule is CC1CCC(C2CCC(c3ccc(/C=C/C(F)(F)F)c(Cl)c3)CC2)CC1. The summed E-state index contributed by atoms with van der Waals surface area (Å²) in [6.45, 7) is 2.37. The smallest absolute Gasteiger partial charge is 0.167 e. The molecular weight excluding hydrogens is 357 g/mol. The number of hydrogen-bond acceptors (Lipinski definition) is 0. The maximum Gasteiger partial charge on any atom is 0.409 e.